The summed E-state index contributed by atoms with van der Waals surface area (Å²) in [5, 5.41) is 0. The van der Waals surface area contributed by atoms with Gasteiger partial charge in [0.2, 0.25) is 0 Å². The second-order valence-electron chi connectivity index (χ2n) is 19.6. The highest BCUT2D eigenvalue weighted by molar-refractivity contribution is 5.54. The topological polar surface area (TPSA) is 104 Å². The number of hydrogen-bond donors (Lipinski definition) is 4. The van der Waals surface area contributed by atoms with Crippen molar-refractivity contribution in [2.24, 2.45) is 0 Å². The van der Waals surface area contributed by atoms with E-state index < -0.39 is 5.41 Å². The van der Waals surface area contributed by atoms with Crippen LogP contribution in [0, 0.1) is 0 Å². The Labute approximate surface area is 412 Å². The molecule has 2 unspecified atom stereocenters. The predicted molar refractivity (Wildman–Crippen MR) is 295 cm³/mol. The largest absolute Gasteiger partial charge is 0.399 e. The maximum atomic E-state index is 6.12. The van der Waals surface area contributed by atoms with Crippen LogP contribution in [0.1, 0.15) is 157 Å². The quantitative estimate of drug-likeness (QED) is 0.0426. The fraction of sp³-hybridized carbons (Fsp3) is 0.262. The van der Waals surface area contributed by atoms with E-state index in [-0.39, 0.29) is 17.8 Å². The molecule has 0 saturated carbocycles. The van der Waals surface area contributed by atoms with Crippen molar-refractivity contribution in [3.8, 4) is 0 Å². The molecule has 0 spiro atoms. The summed E-state index contributed by atoms with van der Waals surface area (Å²) in [6, 6.07) is 71.6. The minimum Gasteiger partial charge on any atom is -0.399 e. The van der Waals surface area contributed by atoms with E-state index in [9.17, 15) is 0 Å². The summed E-state index contributed by atoms with van der Waals surface area (Å²) in [7, 11) is 0. The fourth-order valence-electron chi connectivity index (χ4n) is 10.5. The zero-order valence-electron chi connectivity index (χ0n) is 41.1. The molecular weight excluding hydrogens is 837 g/mol. The van der Waals surface area contributed by atoms with Crippen molar-refractivity contribution in [1.29, 1.82) is 0 Å². The molecule has 0 aromatic heterocycles. The summed E-state index contributed by atoms with van der Waals surface area (Å²) in [5.74, 6) is 0.420. The van der Waals surface area contributed by atoms with E-state index >= 15 is 0 Å². The SMILES string of the molecule is CCCCCCCCCC(c1ccc(Cc2ccc(N)cc2)cc1)(c1ccc(Cc2ccc(N)cc2)cc1)C(c1ccc(C(C)c2ccc(N)cc2)cc1)c1ccc(C(C)c2ccc(N)cc2)cc1. The van der Waals surface area contributed by atoms with Crippen LogP contribution in [0.2, 0.25) is 0 Å². The highest BCUT2D eigenvalue weighted by Crippen LogP contribution is 2.52. The zero-order chi connectivity index (χ0) is 48.2. The lowest BCUT2D eigenvalue weighted by molar-refractivity contribution is 0.394. The van der Waals surface area contributed by atoms with Gasteiger partial charge in [0.1, 0.15) is 0 Å². The third kappa shape index (κ3) is 12.0. The summed E-state index contributed by atoms with van der Waals surface area (Å²) in [6.45, 7) is 6.89. The molecule has 352 valence electrons. The van der Waals surface area contributed by atoms with Crippen molar-refractivity contribution in [2.75, 3.05) is 22.9 Å². The van der Waals surface area contributed by atoms with E-state index in [4.69, 9.17) is 22.9 Å². The molecule has 8 aromatic rings. The lowest BCUT2D eigenvalue weighted by atomic mass is 9.59. The number of unbranched alkanes of at least 4 members (excludes halogenated alkanes) is 6. The maximum Gasteiger partial charge on any atom is 0.0314 e. The van der Waals surface area contributed by atoms with Crippen LogP contribution in [0.4, 0.5) is 22.7 Å². The third-order valence-electron chi connectivity index (χ3n) is 14.8. The number of anilines is 4. The van der Waals surface area contributed by atoms with Gasteiger partial charge in [-0.1, -0.05) is 211 Å². The normalized spacial score (nSPS) is 12.9. The fourth-order valence-corrected chi connectivity index (χ4v) is 10.5. The van der Waals surface area contributed by atoms with Gasteiger partial charge in [-0.3, -0.25) is 0 Å². The van der Waals surface area contributed by atoms with Crippen LogP contribution in [0.5, 0.6) is 0 Å². The highest BCUT2D eigenvalue weighted by atomic mass is 14.5. The van der Waals surface area contributed by atoms with Gasteiger partial charge in [-0.25, -0.2) is 0 Å². The molecule has 0 amide bonds. The van der Waals surface area contributed by atoms with E-state index in [1.807, 2.05) is 48.5 Å². The molecule has 8 rings (SSSR count). The van der Waals surface area contributed by atoms with Gasteiger partial charge in [0.15, 0.2) is 0 Å². The molecule has 69 heavy (non-hydrogen) atoms. The van der Waals surface area contributed by atoms with Gasteiger partial charge in [0, 0.05) is 45.9 Å². The van der Waals surface area contributed by atoms with Gasteiger partial charge in [-0.05, 0) is 135 Å². The Morgan fingerprint density at radius 1 is 0.319 bits per heavy atom. The number of nitrogens with two attached hydrogens (primary N) is 4. The molecule has 0 aliphatic carbocycles. The molecule has 0 saturated heterocycles. The summed E-state index contributed by atoms with van der Waals surface area (Å²) >= 11 is 0. The second-order valence-corrected chi connectivity index (χ2v) is 19.6. The average molecular weight is 909 g/mol. The standard InChI is InChI=1S/C65H72N4/c1-4-5-6-7-8-9-10-43-65(58-31-11-48(12-32-58)44-50-15-35-60(66)36-16-50,59-33-13-49(14-34-59)45-51-17-37-61(67)38-18-51)64(56-23-19-52(20-24-56)46(2)54-27-39-62(68)40-28-54)57-25-21-53(22-26-57)47(3)55-29-41-63(69)42-30-55/h11-42,46-47,64H,4-10,43-45,66-69H2,1-3H3. The van der Waals surface area contributed by atoms with Crippen molar-refractivity contribution >= 4 is 22.7 Å². The molecule has 8 aromatic carbocycles. The van der Waals surface area contributed by atoms with Gasteiger partial charge >= 0.3 is 0 Å². The number of benzene rings is 8. The van der Waals surface area contributed by atoms with Gasteiger partial charge in [0.25, 0.3) is 0 Å². The van der Waals surface area contributed by atoms with Crippen LogP contribution in [-0.4, -0.2) is 0 Å². The molecule has 0 radical (unpaired) electrons. The first-order valence-electron chi connectivity index (χ1n) is 25.4. The van der Waals surface area contributed by atoms with Crippen LogP contribution in [0.25, 0.3) is 0 Å². The van der Waals surface area contributed by atoms with E-state index in [2.05, 4.69) is 166 Å². The van der Waals surface area contributed by atoms with Crippen molar-refractivity contribution in [2.45, 2.75) is 108 Å². The second kappa shape index (κ2) is 22.8. The van der Waals surface area contributed by atoms with Crippen LogP contribution in [0.15, 0.2) is 194 Å². The van der Waals surface area contributed by atoms with Gasteiger partial charge in [-0.2, -0.15) is 0 Å². The Kier molecular flexibility index (Phi) is 16.0. The molecule has 8 N–H and O–H groups in total. The van der Waals surface area contributed by atoms with Gasteiger partial charge in [-0.15, -0.1) is 0 Å². The Bertz CT molecular complexity index is 2610. The monoisotopic (exact) mass is 909 g/mol. The Balaban J connectivity index is 1.29. The summed E-state index contributed by atoms with van der Waals surface area (Å²) in [4.78, 5) is 0. The predicted octanol–water partition coefficient (Wildman–Crippen LogP) is 15.8. The van der Waals surface area contributed by atoms with Crippen molar-refractivity contribution in [3.63, 3.8) is 0 Å². The summed E-state index contributed by atoms with van der Waals surface area (Å²) in [5.41, 5.74) is 42.6. The molecule has 4 heteroatoms. The Morgan fingerprint density at radius 3 is 0.913 bits per heavy atom. The molecule has 0 bridgehead atoms. The molecular formula is C65H72N4. The smallest absolute Gasteiger partial charge is 0.0314 e. The van der Waals surface area contributed by atoms with Gasteiger partial charge in [0.05, 0.1) is 0 Å². The average Bonchev–Trinajstić information content (AvgIpc) is 3.38. The minimum absolute atomic E-state index is 0.00903. The van der Waals surface area contributed by atoms with Crippen LogP contribution >= 0.6 is 0 Å². The summed E-state index contributed by atoms with van der Waals surface area (Å²) < 4.78 is 0. The van der Waals surface area contributed by atoms with E-state index in [0.29, 0.717) is 0 Å². The number of nitrogen functional groups attached to an aromatic ring is 4. The first-order chi connectivity index (χ1) is 33.6. The van der Waals surface area contributed by atoms with E-state index in [1.54, 1.807) is 0 Å². The maximum absolute atomic E-state index is 6.12. The van der Waals surface area contributed by atoms with Crippen molar-refractivity contribution < 1.29 is 0 Å². The van der Waals surface area contributed by atoms with E-state index in [0.717, 1.165) is 48.4 Å². The van der Waals surface area contributed by atoms with Crippen LogP contribution < -0.4 is 22.9 Å². The third-order valence-corrected chi connectivity index (χ3v) is 14.8. The molecule has 0 heterocycles. The summed E-state index contributed by atoms with van der Waals surface area (Å²) in [6.07, 6.45) is 11.4. The first kappa shape index (κ1) is 48.4. The Morgan fingerprint density at radius 2 is 0.580 bits per heavy atom. The molecule has 0 fully saturated rings. The highest BCUT2D eigenvalue weighted by Gasteiger charge is 2.43. The number of rotatable bonds is 21. The molecule has 0 aliphatic heterocycles. The minimum atomic E-state index is -0.420. The van der Waals surface area contributed by atoms with Crippen molar-refractivity contribution in [3.05, 3.63) is 261 Å². The molecule has 0 aliphatic rings. The van der Waals surface area contributed by atoms with Gasteiger partial charge < -0.3 is 22.9 Å². The molecule has 2 atom stereocenters. The lowest BCUT2D eigenvalue weighted by Crippen LogP contribution is -2.36. The molecule has 4 nitrogen and oxygen atoms in total. The lowest BCUT2D eigenvalue weighted by Gasteiger charge is -2.44. The number of hydrogen-bond acceptors (Lipinski definition) is 4. The van der Waals surface area contributed by atoms with E-state index in [1.165, 1.54) is 105 Å². The Hall–Kier alpha value is -7.04. The van der Waals surface area contributed by atoms with Crippen LogP contribution in [0.3, 0.4) is 0 Å². The first-order valence-corrected chi connectivity index (χ1v) is 25.4. The van der Waals surface area contributed by atoms with Crippen LogP contribution in [-0.2, 0) is 18.3 Å². The van der Waals surface area contributed by atoms with Crippen molar-refractivity contribution in [1.82, 2.24) is 0 Å². The zero-order valence-corrected chi connectivity index (χ0v) is 41.1.